The minimum Gasteiger partial charge on any atom is -0.481 e. The molecular weight excluding hydrogens is 276 g/mol. The Morgan fingerprint density at radius 2 is 1.80 bits per heavy atom. The third-order valence-corrected chi connectivity index (χ3v) is 3.45. The monoisotopic (exact) mass is 298 g/mol. The number of carboxylic acid groups (broad SMARTS) is 1. The summed E-state index contributed by atoms with van der Waals surface area (Å²) in [5.74, 6) is -0.568. The second-order valence-corrected chi connectivity index (χ2v) is 5.89. The van der Waals surface area contributed by atoms with Crippen molar-refractivity contribution < 1.29 is 14.6 Å². The summed E-state index contributed by atoms with van der Waals surface area (Å²) in [5, 5.41) is 9.92. The zero-order chi connectivity index (χ0) is 15.0. The quantitative estimate of drug-likeness (QED) is 0.700. The highest BCUT2D eigenvalue weighted by atomic mass is 35.5. The number of halogens is 1. The van der Waals surface area contributed by atoms with Crippen LogP contribution in [-0.2, 0) is 16.0 Å². The van der Waals surface area contributed by atoms with Gasteiger partial charge in [-0.2, -0.15) is 0 Å². The minimum absolute atomic E-state index is 0.407. The van der Waals surface area contributed by atoms with Crippen molar-refractivity contribution in [1.29, 1.82) is 0 Å². The maximum atomic E-state index is 11.3. The number of carboxylic acids is 1. The van der Waals surface area contributed by atoms with Gasteiger partial charge in [0.25, 0.3) is 0 Å². The topological polar surface area (TPSA) is 46.5 Å². The van der Waals surface area contributed by atoms with E-state index < -0.39 is 11.9 Å². The van der Waals surface area contributed by atoms with E-state index in [2.05, 4.69) is 13.8 Å². The molecule has 1 rings (SSSR count). The zero-order valence-corrected chi connectivity index (χ0v) is 12.9. The van der Waals surface area contributed by atoms with Crippen LogP contribution in [0.3, 0.4) is 0 Å². The molecule has 0 spiro atoms. The molecule has 0 saturated heterocycles. The van der Waals surface area contributed by atoms with Gasteiger partial charge in [-0.15, -0.1) is 0 Å². The molecule has 0 bridgehead atoms. The van der Waals surface area contributed by atoms with Crippen LogP contribution in [0.5, 0.6) is 0 Å². The molecule has 0 fully saturated rings. The van der Waals surface area contributed by atoms with Gasteiger partial charge in [0.15, 0.2) is 0 Å². The van der Waals surface area contributed by atoms with E-state index in [0.29, 0.717) is 37.0 Å². The Balaban J connectivity index is 2.37. The molecule has 0 aliphatic rings. The van der Waals surface area contributed by atoms with Gasteiger partial charge in [0, 0.05) is 18.2 Å². The lowest BCUT2D eigenvalue weighted by atomic mass is 9.97. The lowest BCUT2D eigenvalue weighted by molar-refractivity contribution is -0.142. The number of hydrogen-bond acceptors (Lipinski definition) is 2. The fraction of sp³-hybridized carbons (Fsp3) is 0.562. The van der Waals surface area contributed by atoms with Gasteiger partial charge in [0.1, 0.15) is 0 Å². The third-order valence-electron chi connectivity index (χ3n) is 3.19. The van der Waals surface area contributed by atoms with E-state index >= 15 is 0 Å². The van der Waals surface area contributed by atoms with Gasteiger partial charge >= 0.3 is 5.97 Å². The largest absolute Gasteiger partial charge is 0.481 e. The second-order valence-electron chi connectivity index (χ2n) is 5.45. The van der Waals surface area contributed by atoms with Gasteiger partial charge < -0.3 is 9.84 Å². The molecular formula is C16H23ClO3. The lowest BCUT2D eigenvalue weighted by Crippen LogP contribution is -2.19. The summed E-state index contributed by atoms with van der Waals surface area (Å²) >= 11 is 5.82. The Morgan fingerprint density at radius 3 is 2.35 bits per heavy atom. The smallest absolute Gasteiger partial charge is 0.306 e. The summed E-state index contributed by atoms with van der Waals surface area (Å²) in [5.41, 5.74) is 0.990. The summed E-state index contributed by atoms with van der Waals surface area (Å²) in [4.78, 5) is 11.3. The van der Waals surface area contributed by atoms with E-state index in [1.165, 1.54) is 0 Å². The fourth-order valence-electron chi connectivity index (χ4n) is 1.86. The molecule has 112 valence electrons. The van der Waals surface area contributed by atoms with Crippen LogP contribution in [0.4, 0.5) is 0 Å². The standard InChI is InChI=1S/C16H23ClO3/c1-12(2)7-9-20-10-8-14(16(18)19)11-13-3-5-15(17)6-4-13/h3-6,12,14H,7-11H2,1-2H3,(H,18,19). The summed E-state index contributed by atoms with van der Waals surface area (Å²) in [6, 6.07) is 7.32. The van der Waals surface area contributed by atoms with Crippen molar-refractivity contribution >= 4 is 17.6 Å². The summed E-state index contributed by atoms with van der Waals surface area (Å²) < 4.78 is 5.50. The Kier molecular flexibility index (Phi) is 7.63. The molecule has 0 aliphatic carbocycles. The van der Waals surface area contributed by atoms with Crippen LogP contribution in [0.1, 0.15) is 32.3 Å². The number of rotatable bonds is 9. The highest BCUT2D eigenvalue weighted by molar-refractivity contribution is 6.30. The molecule has 3 nitrogen and oxygen atoms in total. The van der Waals surface area contributed by atoms with Gasteiger partial charge in [-0.05, 0) is 42.9 Å². The molecule has 0 heterocycles. The fourth-order valence-corrected chi connectivity index (χ4v) is 1.99. The minimum atomic E-state index is -0.771. The third kappa shape index (κ3) is 6.92. The van der Waals surface area contributed by atoms with Gasteiger partial charge in [-0.3, -0.25) is 4.79 Å². The molecule has 4 heteroatoms. The number of carbonyl (C=O) groups is 1. The number of ether oxygens (including phenoxy) is 1. The first-order chi connectivity index (χ1) is 9.49. The molecule has 1 atom stereocenters. The lowest BCUT2D eigenvalue weighted by Gasteiger charge is -2.13. The molecule has 1 unspecified atom stereocenters. The van der Waals surface area contributed by atoms with Crippen LogP contribution >= 0.6 is 11.6 Å². The van der Waals surface area contributed by atoms with E-state index in [0.717, 1.165) is 12.0 Å². The number of aliphatic carboxylic acids is 1. The molecule has 1 aromatic rings. The van der Waals surface area contributed by atoms with Crippen molar-refractivity contribution in [3.8, 4) is 0 Å². The zero-order valence-electron chi connectivity index (χ0n) is 12.1. The average molecular weight is 299 g/mol. The van der Waals surface area contributed by atoms with E-state index in [4.69, 9.17) is 16.3 Å². The van der Waals surface area contributed by atoms with Crippen LogP contribution in [-0.4, -0.2) is 24.3 Å². The van der Waals surface area contributed by atoms with Gasteiger partial charge in [0.2, 0.25) is 0 Å². The van der Waals surface area contributed by atoms with Crippen molar-refractivity contribution in [2.45, 2.75) is 33.1 Å². The predicted octanol–water partition coefficient (Wildman–Crippen LogP) is 4.04. The maximum absolute atomic E-state index is 11.3. The Hall–Kier alpha value is -1.06. The molecule has 1 aromatic carbocycles. The predicted molar refractivity (Wildman–Crippen MR) is 81.2 cm³/mol. The summed E-state index contributed by atoms with van der Waals surface area (Å²) in [6.07, 6.45) is 2.06. The second kappa shape index (κ2) is 8.98. The molecule has 0 aliphatic heterocycles. The summed E-state index contributed by atoms with van der Waals surface area (Å²) in [6.45, 7) is 5.48. The number of hydrogen-bond donors (Lipinski definition) is 1. The van der Waals surface area contributed by atoms with Gasteiger partial charge in [-0.25, -0.2) is 0 Å². The van der Waals surface area contributed by atoms with E-state index in [-0.39, 0.29) is 0 Å². The van der Waals surface area contributed by atoms with Crippen molar-refractivity contribution in [3.05, 3.63) is 34.9 Å². The highest BCUT2D eigenvalue weighted by Gasteiger charge is 2.17. The van der Waals surface area contributed by atoms with Crippen LogP contribution in [0.15, 0.2) is 24.3 Å². The molecule has 0 amide bonds. The van der Waals surface area contributed by atoms with Gasteiger partial charge in [0.05, 0.1) is 5.92 Å². The Morgan fingerprint density at radius 1 is 1.20 bits per heavy atom. The molecule has 20 heavy (non-hydrogen) atoms. The van der Waals surface area contributed by atoms with E-state index in [1.54, 1.807) is 12.1 Å². The van der Waals surface area contributed by atoms with E-state index in [1.807, 2.05) is 12.1 Å². The van der Waals surface area contributed by atoms with Crippen molar-refractivity contribution in [2.75, 3.05) is 13.2 Å². The van der Waals surface area contributed by atoms with Crippen molar-refractivity contribution in [2.24, 2.45) is 11.8 Å². The van der Waals surface area contributed by atoms with Crippen LogP contribution < -0.4 is 0 Å². The van der Waals surface area contributed by atoms with Crippen LogP contribution in [0.25, 0.3) is 0 Å². The Labute approximate surface area is 125 Å². The van der Waals surface area contributed by atoms with E-state index in [9.17, 15) is 9.90 Å². The first kappa shape index (κ1) is 17.0. The van der Waals surface area contributed by atoms with Crippen molar-refractivity contribution in [1.82, 2.24) is 0 Å². The van der Waals surface area contributed by atoms with Crippen LogP contribution in [0.2, 0.25) is 5.02 Å². The normalized spacial score (nSPS) is 12.6. The molecule has 1 N–H and O–H groups in total. The first-order valence-electron chi connectivity index (χ1n) is 7.04. The van der Waals surface area contributed by atoms with Crippen molar-refractivity contribution in [3.63, 3.8) is 0 Å². The SMILES string of the molecule is CC(C)CCOCCC(Cc1ccc(Cl)cc1)C(=O)O. The first-order valence-corrected chi connectivity index (χ1v) is 7.42. The molecule has 0 radical (unpaired) electrons. The van der Waals surface area contributed by atoms with Gasteiger partial charge in [-0.1, -0.05) is 37.6 Å². The average Bonchev–Trinajstić information content (AvgIpc) is 2.38. The highest BCUT2D eigenvalue weighted by Crippen LogP contribution is 2.16. The Bertz CT molecular complexity index is 401. The molecule has 0 aromatic heterocycles. The number of benzene rings is 1. The maximum Gasteiger partial charge on any atom is 0.306 e. The van der Waals surface area contributed by atoms with Crippen LogP contribution in [0, 0.1) is 11.8 Å². The molecule has 0 saturated carbocycles. The summed E-state index contributed by atoms with van der Waals surface area (Å²) in [7, 11) is 0.